The highest BCUT2D eigenvalue weighted by Crippen LogP contribution is 2.33. The Morgan fingerprint density at radius 3 is 2.46 bits per heavy atom. The van der Waals surface area contributed by atoms with Gasteiger partial charge in [0.05, 0.1) is 10.6 Å². The standard InChI is InChI=1S/C25H21Cl2F3N4O3/c1-12(2)19-17(23(36)31-21(25(29,30)11-35)13-3-6-15(28)7-4-13)10-34-20(19)24(37)32-22(33-34)16-8-5-14(26)9-18(16)27/h3-10,12,21,35H,11H2,1-2H3,(H,31,36)(H,32,33,37)/t21-/m0/s1. The average molecular weight is 553 g/mol. The fourth-order valence-corrected chi connectivity index (χ4v) is 4.57. The van der Waals surface area contributed by atoms with E-state index in [2.05, 4.69) is 15.4 Å². The summed E-state index contributed by atoms with van der Waals surface area (Å²) >= 11 is 12.2. The fourth-order valence-electron chi connectivity index (χ4n) is 4.07. The average Bonchev–Trinajstić information content (AvgIpc) is 3.23. The molecule has 2 heterocycles. The summed E-state index contributed by atoms with van der Waals surface area (Å²) in [6, 6.07) is 6.78. The minimum Gasteiger partial charge on any atom is -0.390 e. The number of aliphatic hydroxyl groups is 1. The first-order chi connectivity index (χ1) is 17.4. The zero-order valence-corrected chi connectivity index (χ0v) is 21.0. The van der Waals surface area contributed by atoms with Crippen molar-refractivity contribution in [3.8, 4) is 11.4 Å². The summed E-state index contributed by atoms with van der Waals surface area (Å²) in [6.07, 6.45) is 1.27. The maximum atomic E-state index is 14.7. The van der Waals surface area contributed by atoms with E-state index in [4.69, 9.17) is 23.2 Å². The van der Waals surface area contributed by atoms with Crippen molar-refractivity contribution < 1.29 is 23.1 Å². The molecule has 3 N–H and O–H groups in total. The van der Waals surface area contributed by atoms with Crippen LogP contribution < -0.4 is 10.9 Å². The van der Waals surface area contributed by atoms with Crippen LogP contribution in [0.2, 0.25) is 10.0 Å². The van der Waals surface area contributed by atoms with Crippen LogP contribution >= 0.6 is 23.2 Å². The molecule has 0 aliphatic rings. The monoisotopic (exact) mass is 552 g/mol. The predicted molar refractivity (Wildman–Crippen MR) is 134 cm³/mol. The van der Waals surface area contributed by atoms with Crippen LogP contribution in [-0.4, -0.2) is 38.1 Å². The third kappa shape index (κ3) is 5.22. The first-order valence-electron chi connectivity index (χ1n) is 11.1. The van der Waals surface area contributed by atoms with E-state index >= 15 is 0 Å². The molecule has 0 radical (unpaired) electrons. The summed E-state index contributed by atoms with van der Waals surface area (Å²) in [5.41, 5.74) is -0.0247. The van der Waals surface area contributed by atoms with E-state index in [1.807, 2.05) is 0 Å². The predicted octanol–water partition coefficient (Wildman–Crippen LogP) is 5.36. The van der Waals surface area contributed by atoms with Gasteiger partial charge in [0, 0.05) is 22.3 Å². The normalized spacial score (nSPS) is 12.8. The number of rotatable bonds is 7. The lowest BCUT2D eigenvalue weighted by molar-refractivity contribution is -0.0785. The molecule has 0 saturated heterocycles. The van der Waals surface area contributed by atoms with Crippen molar-refractivity contribution in [2.75, 3.05) is 6.61 Å². The number of nitrogens with zero attached hydrogens (tertiary/aromatic N) is 2. The van der Waals surface area contributed by atoms with Crippen molar-refractivity contribution in [2.45, 2.75) is 31.7 Å². The molecule has 0 bridgehead atoms. The highest BCUT2D eigenvalue weighted by Gasteiger charge is 2.41. The molecule has 37 heavy (non-hydrogen) atoms. The van der Waals surface area contributed by atoms with Gasteiger partial charge in [0.2, 0.25) is 0 Å². The summed E-state index contributed by atoms with van der Waals surface area (Å²) in [6.45, 7) is 1.90. The molecular weight excluding hydrogens is 532 g/mol. The van der Waals surface area contributed by atoms with Gasteiger partial charge >= 0.3 is 0 Å². The number of carbonyl (C=O) groups excluding carboxylic acids is 1. The highest BCUT2D eigenvalue weighted by atomic mass is 35.5. The van der Waals surface area contributed by atoms with Crippen LogP contribution in [0.1, 0.15) is 47.3 Å². The Kier molecular flexibility index (Phi) is 7.36. The minimum atomic E-state index is -3.77. The fraction of sp³-hybridized carbons (Fsp3) is 0.240. The Morgan fingerprint density at radius 2 is 1.86 bits per heavy atom. The number of amides is 1. The van der Waals surface area contributed by atoms with Gasteiger partial charge in [-0.2, -0.15) is 0 Å². The second-order valence-corrected chi connectivity index (χ2v) is 9.55. The second-order valence-electron chi connectivity index (χ2n) is 8.71. The van der Waals surface area contributed by atoms with E-state index in [1.54, 1.807) is 26.0 Å². The van der Waals surface area contributed by atoms with Crippen molar-refractivity contribution in [3.05, 3.63) is 91.6 Å². The molecule has 194 valence electrons. The molecule has 2 aromatic heterocycles. The maximum absolute atomic E-state index is 14.7. The number of carbonyl (C=O) groups is 1. The summed E-state index contributed by atoms with van der Waals surface area (Å²) in [4.78, 5) is 29.1. The van der Waals surface area contributed by atoms with Gasteiger partial charge in [0.15, 0.2) is 5.82 Å². The van der Waals surface area contributed by atoms with Gasteiger partial charge in [-0.05, 0) is 41.8 Å². The molecule has 0 aliphatic carbocycles. The third-order valence-electron chi connectivity index (χ3n) is 5.80. The van der Waals surface area contributed by atoms with E-state index in [-0.39, 0.29) is 39.0 Å². The number of hydrogen-bond donors (Lipinski definition) is 3. The third-order valence-corrected chi connectivity index (χ3v) is 6.35. The van der Waals surface area contributed by atoms with Gasteiger partial charge in [-0.15, -0.1) is 5.10 Å². The van der Waals surface area contributed by atoms with E-state index in [9.17, 15) is 27.9 Å². The summed E-state index contributed by atoms with van der Waals surface area (Å²) in [5, 5.41) is 16.5. The first-order valence-corrected chi connectivity index (χ1v) is 11.8. The molecule has 4 aromatic rings. The quantitative estimate of drug-likeness (QED) is 0.287. The molecule has 1 amide bonds. The molecule has 1 atom stereocenters. The lowest BCUT2D eigenvalue weighted by atomic mass is 9.97. The van der Waals surface area contributed by atoms with Gasteiger partial charge in [0.25, 0.3) is 17.4 Å². The Balaban J connectivity index is 1.82. The number of benzene rings is 2. The number of halogens is 5. The molecule has 0 saturated carbocycles. The number of aliphatic hydroxyl groups excluding tert-OH is 1. The molecule has 7 nitrogen and oxygen atoms in total. The van der Waals surface area contributed by atoms with Crippen molar-refractivity contribution >= 4 is 34.6 Å². The van der Waals surface area contributed by atoms with Gasteiger partial charge in [-0.25, -0.2) is 17.7 Å². The van der Waals surface area contributed by atoms with Crippen LogP contribution in [-0.2, 0) is 0 Å². The molecule has 0 unspecified atom stereocenters. The molecule has 0 fully saturated rings. The Bertz CT molecular complexity index is 1530. The summed E-state index contributed by atoms with van der Waals surface area (Å²) in [5.74, 6) is -5.61. The van der Waals surface area contributed by atoms with Crippen molar-refractivity contribution in [3.63, 3.8) is 0 Å². The SMILES string of the molecule is CC(C)c1c(C(=O)N[C@@H](c2ccc(F)cc2)C(F)(F)CO)cn2nc(-c3ccc(Cl)cc3Cl)[nH]c(=O)c12. The van der Waals surface area contributed by atoms with Crippen LogP contribution in [0, 0.1) is 5.82 Å². The van der Waals surface area contributed by atoms with E-state index in [1.165, 1.54) is 16.8 Å². The van der Waals surface area contributed by atoms with Gasteiger partial charge in [-0.3, -0.25) is 9.59 Å². The lowest BCUT2D eigenvalue weighted by Crippen LogP contribution is -2.43. The zero-order valence-electron chi connectivity index (χ0n) is 19.5. The number of aromatic nitrogens is 3. The smallest absolute Gasteiger partial charge is 0.294 e. The summed E-state index contributed by atoms with van der Waals surface area (Å²) < 4.78 is 43.9. The van der Waals surface area contributed by atoms with Crippen molar-refractivity contribution in [1.29, 1.82) is 0 Å². The van der Waals surface area contributed by atoms with Crippen LogP contribution in [0.25, 0.3) is 16.9 Å². The van der Waals surface area contributed by atoms with Gasteiger partial charge in [-0.1, -0.05) is 49.2 Å². The minimum absolute atomic E-state index is 0.0567. The molecule has 0 aliphatic heterocycles. The van der Waals surface area contributed by atoms with Crippen LogP contribution in [0.15, 0.2) is 53.5 Å². The van der Waals surface area contributed by atoms with E-state index in [0.717, 1.165) is 24.3 Å². The number of aromatic amines is 1. The molecule has 4 rings (SSSR count). The number of nitrogens with one attached hydrogen (secondary N) is 2. The zero-order chi connectivity index (χ0) is 27.1. The molecule has 0 spiro atoms. The Morgan fingerprint density at radius 1 is 1.19 bits per heavy atom. The molecule has 2 aromatic carbocycles. The van der Waals surface area contributed by atoms with Gasteiger partial charge < -0.3 is 15.4 Å². The van der Waals surface area contributed by atoms with E-state index < -0.39 is 35.9 Å². The van der Waals surface area contributed by atoms with Crippen molar-refractivity contribution in [2.24, 2.45) is 0 Å². The molecular formula is C25H21Cl2F3N4O3. The van der Waals surface area contributed by atoms with Gasteiger partial charge in [0.1, 0.15) is 24.0 Å². The Labute approximate surface area is 218 Å². The second kappa shape index (κ2) is 10.2. The largest absolute Gasteiger partial charge is 0.390 e. The van der Waals surface area contributed by atoms with Crippen molar-refractivity contribution in [1.82, 2.24) is 19.9 Å². The van der Waals surface area contributed by atoms with Crippen LogP contribution in [0.5, 0.6) is 0 Å². The lowest BCUT2D eigenvalue weighted by Gasteiger charge is -2.27. The number of hydrogen-bond acceptors (Lipinski definition) is 4. The highest BCUT2D eigenvalue weighted by molar-refractivity contribution is 6.36. The van der Waals surface area contributed by atoms with E-state index in [0.29, 0.717) is 10.6 Å². The van der Waals surface area contributed by atoms with Crippen LogP contribution in [0.4, 0.5) is 13.2 Å². The topological polar surface area (TPSA) is 99.5 Å². The number of H-pyrrole nitrogens is 1. The number of alkyl halides is 2. The Hall–Kier alpha value is -3.34. The first kappa shape index (κ1) is 26.7. The summed E-state index contributed by atoms with van der Waals surface area (Å²) in [7, 11) is 0. The molecule has 12 heteroatoms. The number of fused-ring (bicyclic) bond motifs is 1. The maximum Gasteiger partial charge on any atom is 0.294 e. The van der Waals surface area contributed by atoms with Crippen LogP contribution in [0.3, 0.4) is 0 Å².